The third-order valence-electron chi connectivity index (χ3n) is 1.68. The van der Waals surface area contributed by atoms with Crippen LogP contribution in [-0.4, -0.2) is 20.0 Å². The molecular formula is C7H5F3N4O. The number of hydrogen-bond acceptors (Lipinski definition) is 4. The first-order chi connectivity index (χ1) is 7.07. The lowest BCUT2D eigenvalue weighted by Gasteiger charge is -2.04. The summed E-state index contributed by atoms with van der Waals surface area (Å²) in [6.07, 6.45) is -0.969. The zero-order valence-electron chi connectivity index (χ0n) is 7.27. The third-order valence-corrected chi connectivity index (χ3v) is 1.68. The maximum Gasteiger partial charge on any atom is 0.451 e. The summed E-state index contributed by atoms with van der Waals surface area (Å²) in [5.41, 5.74) is -0.215. The maximum atomic E-state index is 12.3. The molecule has 2 heterocycles. The quantitative estimate of drug-likeness (QED) is 0.763. The summed E-state index contributed by atoms with van der Waals surface area (Å²) in [6, 6.07) is 0. The number of nitrogens with zero attached hydrogens (tertiary/aromatic N) is 4. The molecule has 15 heavy (non-hydrogen) atoms. The second kappa shape index (κ2) is 3.37. The highest BCUT2D eigenvalue weighted by Crippen LogP contribution is 2.31. The number of oxazole rings is 1. The zero-order valence-corrected chi connectivity index (χ0v) is 7.27. The van der Waals surface area contributed by atoms with Crippen LogP contribution in [0.15, 0.2) is 23.2 Å². The van der Waals surface area contributed by atoms with Crippen molar-refractivity contribution in [3.63, 3.8) is 0 Å². The lowest BCUT2D eigenvalue weighted by Crippen LogP contribution is -2.10. The Hall–Kier alpha value is -1.86. The summed E-state index contributed by atoms with van der Waals surface area (Å²) in [7, 11) is 0. The molecule has 0 aliphatic carbocycles. The Kier molecular flexibility index (Phi) is 2.18. The van der Waals surface area contributed by atoms with Crippen molar-refractivity contribution < 1.29 is 17.6 Å². The molecule has 0 aliphatic heterocycles. The number of hydrogen-bond donors (Lipinski definition) is 0. The minimum Gasteiger partial charge on any atom is -0.439 e. The van der Waals surface area contributed by atoms with Crippen LogP contribution < -0.4 is 0 Å². The topological polar surface area (TPSA) is 56.7 Å². The average molecular weight is 218 g/mol. The van der Waals surface area contributed by atoms with Gasteiger partial charge in [-0.05, 0) is 0 Å². The Bertz CT molecular complexity index is 433. The molecule has 8 heteroatoms. The molecule has 0 radical (unpaired) electrons. The molecule has 0 aromatic carbocycles. The summed E-state index contributed by atoms with van der Waals surface area (Å²) in [5, 5.41) is 7.00. The van der Waals surface area contributed by atoms with Crippen molar-refractivity contribution in [2.75, 3.05) is 0 Å². The van der Waals surface area contributed by atoms with E-state index >= 15 is 0 Å². The van der Waals surface area contributed by atoms with E-state index in [1.54, 1.807) is 0 Å². The lowest BCUT2D eigenvalue weighted by atomic mass is 10.3. The fraction of sp³-hybridized carbons (Fsp3) is 0.286. The molecule has 0 bridgehead atoms. The lowest BCUT2D eigenvalue weighted by molar-refractivity contribution is -0.153. The number of halogens is 3. The zero-order chi connectivity index (χ0) is 10.9. The Morgan fingerprint density at radius 1 is 1.40 bits per heavy atom. The van der Waals surface area contributed by atoms with Gasteiger partial charge in [0.25, 0.3) is 0 Å². The fourth-order valence-electron chi connectivity index (χ4n) is 1.08. The Balaban J connectivity index is 2.26. The Morgan fingerprint density at radius 2 is 2.20 bits per heavy atom. The van der Waals surface area contributed by atoms with E-state index in [1.807, 2.05) is 0 Å². The van der Waals surface area contributed by atoms with E-state index in [0.717, 1.165) is 6.39 Å². The highest BCUT2D eigenvalue weighted by Gasteiger charge is 2.38. The van der Waals surface area contributed by atoms with Gasteiger partial charge in [-0.1, -0.05) is 5.21 Å². The molecule has 2 aromatic rings. The standard InChI is InChI=1S/C7H5F3N4O/c8-7(9,10)6-5(11-4-15-6)3-14-2-1-12-13-14/h1-2,4H,3H2. The van der Waals surface area contributed by atoms with E-state index in [-0.39, 0.29) is 12.2 Å². The average Bonchev–Trinajstić information content (AvgIpc) is 2.73. The first kappa shape index (κ1) is 9.69. The van der Waals surface area contributed by atoms with Gasteiger partial charge in [-0.25, -0.2) is 9.67 Å². The van der Waals surface area contributed by atoms with Crippen LogP contribution in [0.3, 0.4) is 0 Å². The number of aromatic nitrogens is 4. The summed E-state index contributed by atoms with van der Waals surface area (Å²) >= 11 is 0. The summed E-state index contributed by atoms with van der Waals surface area (Å²) in [4.78, 5) is 3.48. The van der Waals surface area contributed by atoms with Crippen LogP contribution in [0.25, 0.3) is 0 Å². The van der Waals surface area contributed by atoms with Gasteiger partial charge in [0.15, 0.2) is 6.39 Å². The smallest absolute Gasteiger partial charge is 0.439 e. The normalized spacial score (nSPS) is 11.9. The van der Waals surface area contributed by atoms with Gasteiger partial charge < -0.3 is 4.42 Å². The Morgan fingerprint density at radius 3 is 2.80 bits per heavy atom. The van der Waals surface area contributed by atoms with Gasteiger partial charge in [0.2, 0.25) is 5.76 Å². The van der Waals surface area contributed by atoms with Gasteiger partial charge in [-0.3, -0.25) is 0 Å². The SMILES string of the molecule is FC(F)(F)c1ocnc1Cn1ccnn1. The minimum absolute atomic E-state index is 0.120. The van der Waals surface area contributed by atoms with Gasteiger partial charge in [0, 0.05) is 6.20 Å². The molecule has 2 aromatic heterocycles. The molecule has 0 spiro atoms. The van der Waals surface area contributed by atoms with Crippen LogP contribution in [0.2, 0.25) is 0 Å². The molecule has 0 fully saturated rings. The number of rotatable bonds is 2. The van der Waals surface area contributed by atoms with Crippen LogP contribution in [0.4, 0.5) is 13.2 Å². The van der Waals surface area contributed by atoms with Crippen LogP contribution >= 0.6 is 0 Å². The molecule has 2 rings (SSSR count). The third kappa shape index (κ3) is 1.97. The van der Waals surface area contributed by atoms with E-state index < -0.39 is 11.9 Å². The van der Waals surface area contributed by atoms with E-state index in [4.69, 9.17) is 0 Å². The van der Waals surface area contributed by atoms with Crippen LogP contribution in [-0.2, 0) is 12.7 Å². The van der Waals surface area contributed by atoms with Crippen molar-refractivity contribution in [2.24, 2.45) is 0 Å². The molecule has 0 aliphatic rings. The van der Waals surface area contributed by atoms with E-state index in [1.165, 1.54) is 17.1 Å². The van der Waals surface area contributed by atoms with Gasteiger partial charge >= 0.3 is 6.18 Å². The molecule has 80 valence electrons. The van der Waals surface area contributed by atoms with E-state index in [9.17, 15) is 13.2 Å². The predicted molar refractivity (Wildman–Crippen MR) is 40.6 cm³/mol. The van der Waals surface area contributed by atoms with Gasteiger partial charge in [-0.15, -0.1) is 5.10 Å². The molecule has 0 amide bonds. The Labute approximate surface area is 81.5 Å². The molecule has 5 nitrogen and oxygen atoms in total. The first-order valence-electron chi connectivity index (χ1n) is 3.91. The summed E-state index contributed by atoms with van der Waals surface area (Å²) in [6.45, 7) is -0.120. The highest BCUT2D eigenvalue weighted by atomic mass is 19.4. The largest absolute Gasteiger partial charge is 0.451 e. The monoisotopic (exact) mass is 218 g/mol. The highest BCUT2D eigenvalue weighted by molar-refractivity contribution is 5.10. The van der Waals surface area contributed by atoms with Crippen molar-refractivity contribution in [2.45, 2.75) is 12.7 Å². The van der Waals surface area contributed by atoms with Crippen molar-refractivity contribution in [1.29, 1.82) is 0 Å². The van der Waals surface area contributed by atoms with Crippen LogP contribution in [0, 0.1) is 0 Å². The minimum atomic E-state index is -4.54. The van der Waals surface area contributed by atoms with E-state index in [2.05, 4.69) is 19.7 Å². The molecule has 0 atom stereocenters. The van der Waals surface area contributed by atoms with Crippen molar-refractivity contribution in [3.05, 3.63) is 30.2 Å². The van der Waals surface area contributed by atoms with Gasteiger partial charge in [0.1, 0.15) is 5.69 Å². The molecule has 0 saturated carbocycles. The second-order valence-electron chi connectivity index (χ2n) is 2.73. The molecular weight excluding hydrogens is 213 g/mol. The maximum absolute atomic E-state index is 12.3. The van der Waals surface area contributed by atoms with Crippen molar-refractivity contribution >= 4 is 0 Å². The molecule has 0 N–H and O–H groups in total. The first-order valence-corrected chi connectivity index (χ1v) is 3.91. The number of alkyl halides is 3. The van der Waals surface area contributed by atoms with Gasteiger partial charge in [-0.2, -0.15) is 13.2 Å². The van der Waals surface area contributed by atoms with Crippen molar-refractivity contribution in [1.82, 2.24) is 20.0 Å². The summed E-state index contributed by atoms with van der Waals surface area (Å²) in [5.74, 6) is -1.10. The second-order valence-corrected chi connectivity index (χ2v) is 2.73. The van der Waals surface area contributed by atoms with Crippen LogP contribution in [0.5, 0.6) is 0 Å². The fourth-order valence-corrected chi connectivity index (χ4v) is 1.08. The molecule has 0 unspecified atom stereocenters. The van der Waals surface area contributed by atoms with E-state index in [0.29, 0.717) is 0 Å². The molecule has 0 saturated heterocycles. The van der Waals surface area contributed by atoms with Crippen molar-refractivity contribution in [3.8, 4) is 0 Å². The predicted octanol–water partition coefficient (Wildman–Crippen LogP) is 1.33. The van der Waals surface area contributed by atoms with Crippen LogP contribution in [0.1, 0.15) is 11.5 Å². The summed E-state index contributed by atoms with van der Waals surface area (Å²) < 4.78 is 42.5. The van der Waals surface area contributed by atoms with Gasteiger partial charge in [0.05, 0.1) is 12.7 Å².